The SMILES string of the molecule is CCOC(=O)Cc1ccc(NC(=O)N2CCN(c3nc4cc(Br)ccc4n4cccc34)CC2)cc1. The molecule has 8 nitrogen and oxygen atoms in total. The number of halogens is 1. The Labute approximate surface area is 211 Å². The lowest BCUT2D eigenvalue weighted by molar-refractivity contribution is -0.142. The molecule has 1 saturated heterocycles. The Morgan fingerprint density at radius 3 is 2.54 bits per heavy atom. The first kappa shape index (κ1) is 23.2. The summed E-state index contributed by atoms with van der Waals surface area (Å²) in [5.74, 6) is 0.672. The highest BCUT2D eigenvalue weighted by Crippen LogP contribution is 2.28. The molecule has 0 bridgehead atoms. The number of amides is 2. The number of ether oxygens (including phenoxy) is 1. The predicted octanol–water partition coefficient (Wildman–Crippen LogP) is 4.71. The highest BCUT2D eigenvalue weighted by atomic mass is 79.9. The second-order valence-corrected chi connectivity index (χ2v) is 9.33. The van der Waals surface area contributed by atoms with Gasteiger partial charge >= 0.3 is 12.0 Å². The van der Waals surface area contributed by atoms with Crippen LogP contribution >= 0.6 is 15.9 Å². The molecule has 4 aromatic rings. The first-order chi connectivity index (χ1) is 17.0. The van der Waals surface area contributed by atoms with Gasteiger partial charge in [-0.25, -0.2) is 9.78 Å². The number of anilines is 2. The van der Waals surface area contributed by atoms with Crippen molar-refractivity contribution in [2.45, 2.75) is 13.3 Å². The lowest BCUT2D eigenvalue weighted by Gasteiger charge is -2.35. The molecule has 5 rings (SSSR count). The van der Waals surface area contributed by atoms with E-state index in [2.05, 4.69) is 48.9 Å². The Kier molecular flexibility index (Phi) is 6.59. The van der Waals surface area contributed by atoms with Gasteiger partial charge in [0.2, 0.25) is 0 Å². The molecule has 1 aliphatic heterocycles. The summed E-state index contributed by atoms with van der Waals surface area (Å²) in [7, 11) is 0. The van der Waals surface area contributed by atoms with E-state index in [1.54, 1.807) is 6.92 Å². The van der Waals surface area contributed by atoms with Crippen molar-refractivity contribution in [2.75, 3.05) is 43.0 Å². The lowest BCUT2D eigenvalue weighted by Crippen LogP contribution is -2.50. The summed E-state index contributed by atoms with van der Waals surface area (Å²) in [6.07, 6.45) is 2.27. The van der Waals surface area contributed by atoms with E-state index < -0.39 is 0 Å². The molecule has 2 aromatic heterocycles. The van der Waals surface area contributed by atoms with Crippen LogP contribution in [-0.2, 0) is 16.0 Å². The standard InChI is InChI=1S/C26H26BrN5O3/c1-2-35-24(33)16-18-5-8-20(9-6-18)28-26(34)31-14-12-30(13-15-31)25-23-4-3-11-32(23)22-10-7-19(27)17-21(22)29-25/h3-11,17H,2,12-16H2,1H3,(H,28,34). The molecule has 0 radical (unpaired) electrons. The lowest BCUT2D eigenvalue weighted by atomic mass is 10.1. The third-order valence-electron chi connectivity index (χ3n) is 6.13. The van der Waals surface area contributed by atoms with E-state index in [0.717, 1.165) is 32.4 Å². The van der Waals surface area contributed by atoms with Crippen molar-refractivity contribution < 1.29 is 14.3 Å². The summed E-state index contributed by atoms with van der Waals surface area (Å²) < 4.78 is 8.13. The molecule has 0 aliphatic carbocycles. The van der Waals surface area contributed by atoms with Gasteiger partial charge in [0, 0.05) is 42.5 Å². The molecule has 0 unspecified atom stereocenters. The van der Waals surface area contributed by atoms with Gasteiger partial charge in [0.25, 0.3) is 0 Å². The van der Waals surface area contributed by atoms with E-state index >= 15 is 0 Å². The summed E-state index contributed by atoms with van der Waals surface area (Å²) in [5.41, 5.74) is 4.58. The topological polar surface area (TPSA) is 79.2 Å². The summed E-state index contributed by atoms with van der Waals surface area (Å²) in [6, 6.07) is 17.4. The van der Waals surface area contributed by atoms with E-state index in [1.807, 2.05) is 47.4 Å². The molecule has 1 aliphatic rings. The van der Waals surface area contributed by atoms with Gasteiger partial charge in [-0.3, -0.25) is 4.79 Å². The number of fused-ring (bicyclic) bond motifs is 3. The Bertz CT molecular complexity index is 1380. The van der Waals surface area contributed by atoms with E-state index in [9.17, 15) is 9.59 Å². The monoisotopic (exact) mass is 535 g/mol. The normalized spacial score (nSPS) is 13.9. The molecule has 180 valence electrons. The van der Waals surface area contributed by atoms with Crippen molar-refractivity contribution in [3.05, 3.63) is 70.8 Å². The van der Waals surface area contributed by atoms with Crippen molar-refractivity contribution in [1.29, 1.82) is 0 Å². The van der Waals surface area contributed by atoms with Crippen LogP contribution in [0.15, 0.2) is 65.3 Å². The van der Waals surface area contributed by atoms with Gasteiger partial charge in [-0.15, -0.1) is 0 Å². The average Bonchev–Trinajstić information content (AvgIpc) is 3.35. The number of carbonyl (C=O) groups excluding carboxylic acids is 2. The number of carbonyl (C=O) groups is 2. The molecule has 1 N–H and O–H groups in total. The van der Waals surface area contributed by atoms with Gasteiger partial charge in [0.1, 0.15) is 0 Å². The van der Waals surface area contributed by atoms with Crippen molar-refractivity contribution in [3.63, 3.8) is 0 Å². The Morgan fingerprint density at radius 2 is 1.80 bits per heavy atom. The van der Waals surface area contributed by atoms with E-state index in [4.69, 9.17) is 9.72 Å². The zero-order chi connectivity index (χ0) is 24.4. The largest absolute Gasteiger partial charge is 0.466 e. The fourth-order valence-electron chi connectivity index (χ4n) is 4.38. The Morgan fingerprint density at radius 1 is 1.03 bits per heavy atom. The molecule has 2 amide bonds. The minimum absolute atomic E-state index is 0.133. The van der Waals surface area contributed by atoms with E-state index in [-0.39, 0.29) is 18.4 Å². The summed E-state index contributed by atoms with van der Waals surface area (Å²) >= 11 is 3.54. The van der Waals surface area contributed by atoms with Gasteiger partial charge in [-0.2, -0.15) is 0 Å². The molecule has 9 heteroatoms. The van der Waals surface area contributed by atoms with Crippen LogP contribution < -0.4 is 10.2 Å². The minimum atomic E-state index is -0.256. The third kappa shape index (κ3) is 4.95. The minimum Gasteiger partial charge on any atom is -0.466 e. The second-order valence-electron chi connectivity index (χ2n) is 8.41. The fourth-order valence-corrected chi connectivity index (χ4v) is 4.72. The number of rotatable bonds is 5. The molecular formula is C26H26BrN5O3. The number of hydrogen-bond acceptors (Lipinski definition) is 5. The van der Waals surface area contributed by atoms with Crippen LogP contribution in [0.4, 0.5) is 16.3 Å². The van der Waals surface area contributed by atoms with Crippen molar-refractivity contribution in [2.24, 2.45) is 0 Å². The second kappa shape index (κ2) is 9.95. The van der Waals surface area contributed by atoms with Crippen LogP contribution in [0, 0.1) is 0 Å². The molecule has 0 atom stereocenters. The number of piperazine rings is 1. The highest BCUT2D eigenvalue weighted by Gasteiger charge is 2.24. The molecule has 0 spiro atoms. The number of nitrogens with zero attached hydrogens (tertiary/aromatic N) is 4. The van der Waals surface area contributed by atoms with Crippen molar-refractivity contribution >= 4 is 56.0 Å². The molecule has 2 aromatic carbocycles. The number of aromatic nitrogens is 2. The molecule has 0 saturated carbocycles. The zero-order valence-corrected chi connectivity index (χ0v) is 21.0. The number of benzene rings is 2. The van der Waals surface area contributed by atoms with Gasteiger partial charge in [-0.05, 0) is 55.0 Å². The first-order valence-electron chi connectivity index (χ1n) is 11.6. The average molecular weight is 536 g/mol. The van der Waals surface area contributed by atoms with Crippen LogP contribution in [0.25, 0.3) is 16.6 Å². The number of urea groups is 1. The van der Waals surface area contributed by atoms with E-state index in [0.29, 0.717) is 38.5 Å². The van der Waals surface area contributed by atoms with Gasteiger partial charge < -0.3 is 24.3 Å². The van der Waals surface area contributed by atoms with Gasteiger partial charge in [0.15, 0.2) is 5.82 Å². The van der Waals surface area contributed by atoms with Crippen molar-refractivity contribution in [3.8, 4) is 0 Å². The Balaban J connectivity index is 1.23. The van der Waals surface area contributed by atoms with Crippen molar-refractivity contribution in [1.82, 2.24) is 14.3 Å². The van der Waals surface area contributed by atoms with Gasteiger partial charge in [-0.1, -0.05) is 28.1 Å². The quantitative estimate of drug-likeness (QED) is 0.374. The zero-order valence-electron chi connectivity index (χ0n) is 19.4. The highest BCUT2D eigenvalue weighted by molar-refractivity contribution is 9.10. The molecule has 35 heavy (non-hydrogen) atoms. The number of esters is 1. The van der Waals surface area contributed by atoms with Crippen LogP contribution in [0.3, 0.4) is 0 Å². The molecule has 3 heterocycles. The number of hydrogen-bond donors (Lipinski definition) is 1. The Hall–Kier alpha value is -3.59. The van der Waals surface area contributed by atoms with Crippen LogP contribution in [0.5, 0.6) is 0 Å². The smallest absolute Gasteiger partial charge is 0.321 e. The maximum Gasteiger partial charge on any atom is 0.321 e. The maximum atomic E-state index is 12.8. The number of nitrogens with one attached hydrogen (secondary N) is 1. The maximum absolute atomic E-state index is 12.8. The van der Waals surface area contributed by atoms with Crippen LogP contribution in [0.2, 0.25) is 0 Å². The summed E-state index contributed by atoms with van der Waals surface area (Å²) in [4.78, 5) is 33.5. The van der Waals surface area contributed by atoms with Crippen LogP contribution in [0.1, 0.15) is 12.5 Å². The predicted molar refractivity (Wildman–Crippen MR) is 140 cm³/mol. The third-order valence-corrected chi connectivity index (χ3v) is 6.62. The van der Waals surface area contributed by atoms with Gasteiger partial charge in [0.05, 0.1) is 29.6 Å². The molecule has 1 fully saturated rings. The first-order valence-corrected chi connectivity index (χ1v) is 12.4. The van der Waals surface area contributed by atoms with Crippen LogP contribution in [-0.4, -0.2) is 59.1 Å². The summed E-state index contributed by atoms with van der Waals surface area (Å²) in [5, 5.41) is 2.96. The molecular weight excluding hydrogens is 510 g/mol. The summed E-state index contributed by atoms with van der Waals surface area (Å²) in [6.45, 7) is 4.73. The fraction of sp³-hybridized carbons (Fsp3) is 0.269. The van der Waals surface area contributed by atoms with E-state index in [1.165, 1.54) is 0 Å².